The van der Waals surface area contributed by atoms with Crippen LogP contribution in [0.5, 0.6) is 5.75 Å². The fraction of sp³-hybridized carbons (Fsp3) is 0.368. The molecule has 0 atom stereocenters. The third-order valence-electron chi connectivity index (χ3n) is 4.17. The second-order valence-electron chi connectivity index (χ2n) is 6.72. The van der Waals surface area contributed by atoms with E-state index in [4.69, 9.17) is 11.6 Å². The molecule has 2 aromatic rings. The minimum absolute atomic E-state index is 0.0181. The van der Waals surface area contributed by atoms with E-state index in [9.17, 15) is 22.8 Å². The highest BCUT2D eigenvalue weighted by molar-refractivity contribution is 6.32. The van der Waals surface area contributed by atoms with Crippen molar-refractivity contribution in [2.24, 2.45) is 5.92 Å². The van der Waals surface area contributed by atoms with E-state index < -0.39 is 18.0 Å². The molecule has 0 saturated heterocycles. The number of carbonyl (C=O) groups is 2. The number of rotatable bonds is 7. The standard InChI is InChI=1S/C19H17ClF3N3O3/c1-10-6-14(26-17(25-10)8-15(27)12-3-4-12)18(28)24-9-11-2-5-16(13(20)7-11)29-19(21,22)23/h2,5-7,12H,3-4,8-9H2,1H3,(H,24,28). The van der Waals surface area contributed by atoms with Gasteiger partial charge in [0.1, 0.15) is 23.1 Å². The quantitative estimate of drug-likeness (QED) is 0.727. The van der Waals surface area contributed by atoms with Gasteiger partial charge in [0.15, 0.2) is 0 Å². The Morgan fingerprint density at radius 3 is 2.59 bits per heavy atom. The second kappa shape index (κ2) is 8.36. The lowest BCUT2D eigenvalue weighted by Gasteiger charge is -2.12. The topological polar surface area (TPSA) is 81.2 Å². The summed E-state index contributed by atoms with van der Waals surface area (Å²) >= 11 is 5.80. The zero-order valence-corrected chi connectivity index (χ0v) is 16.1. The molecule has 1 aromatic carbocycles. The maximum Gasteiger partial charge on any atom is 0.573 e. The molecule has 3 rings (SSSR count). The van der Waals surface area contributed by atoms with Crippen LogP contribution in [0.25, 0.3) is 0 Å². The van der Waals surface area contributed by atoms with Gasteiger partial charge in [-0.15, -0.1) is 13.2 Å². The van der Waals surface area contributed by atoms with E-state index >= 15 is 0 Å². The summed E-state index contributed by atoms with van der Waals surface area (Å²) in [5.41, 5.74) is 1.15. The molecule has 0 spiro atoms. The minimum atomic E-state index is -4.84. The molecule has 0 unspecified atom stereocenters. The van der Waals surface area contributed by atoms with Gasteiger partial charge < -0.3 is 10.1 Å². The average molecular weight is 428 g/mol. The van der Waals surface area contributed by atoms with Crippen LogP contribution in [0.4, 0.5) is 13.2 Å². The van der Waals surface area contributed by atoms with Crippen molar-refractivity contribution in [2.45, 2.75) is 39.1 Å². The summed E-state index contributed by atoms with van der Waals surface area (Å²) in [6, 6.07) is 5.20. The molecule has 1 aliphatic rings. The summed E-state index contributed by atoms with van der Waals surface area (Å²) in [7, 11) is 0. The Morgan fingerprint density at radius 1 is 1.24 bits per heavy atom. The van der Waals surface area contributed by atoms with E-state index in [-0.39, 0.29) is 35.4 Å². The first kappa shape index (κ1) is 21.0. The Morgan fingerprint density at radius 2 is 1.97 bits per heavy atom. The fourth-order valence-electron chi connectivity index (χ4n) is 2.67. The average Bonchev–Trinajstić information content (AvgIpc) is 3.45. The third-order valence-corrected chi connectivity index (χ3v) is 4.47. The van der Waals surface area contributed by atoms with Crippen LogP contribution in [-0.4, -0.2) is 28.0 Å². The molecule has 1 amide bonds. The number of amides is 1. The molecule has 154 valence electrons. The number of hydrogen-bond acceptors (Lipinski definition) is 5. The number of aryl methyl sites for hydroxylation is 1. The number of hydrogen-bond donors (Lipinski definition) is 1. The predicted molar refractivity (Wildman–Crippen MR) is 97.5 cm³/mol. The lowest BCUT2D eigenvalue weighted by Crippen LogP contribution is -2.25. The van der Waals surface area contributed by atoms with Gasteiger partial charge in [0.05, 0.1) is 11.4 Å². The molecule has 29 heavy (non-hydrogen) atoms. The van der Waals surface area contributed by atoms with Crippen molar-refractivity contribution in [3.8, 4) is 5.75 Å². The Labute approximate surface area is 169 Å². The monoisotopic (exact) mass is 427 g/mol. The van der Waals surface area contributed by atoms with E-state index in [1.54, 1.807) is 6.92 Å². The first-order valence-electron chi connectivity index (χ1n) is 8.80. The number of halogens is 4. The Hall–Kier alpha value is -2.68. The molecule has 1 saturated carbocycles. The summed E-state index contributed by atoms with van der Waals surface area (Å²) in [6.45, 7) is 1.72. The molecular formula is C19H17ClF3N3O3. The summed E-state index contributed by atoms with van der Waals surface area (Å²) in [5, 5.41) is 2.39. The van der Waals surface area contributed by atoms with Crippen LogP contribution in [0.2, 0.25) is 5.02 Å². The first-order chi connectivity index (χ1) is 13.6. The number of carbonyl (C=O) groups excluding carboxylic acids is 2. The van der Waals surface area contributed by atoms with Crippen molar-refractivity contribution in [2.75, 3.05) is 0 Å². The lowest BCUT2D eigenvalue weighted by molar-refractivity contribution is -0.274. The predicted octanol–water partition coefficient (Wildman–Crippen LogP) is 3.79. The van der Waals surface area contributed by atoms with E-state index in [0.29, 0.717) is 17.1 Å². The van der Waals surface area contributed by atoms with Crippen LogP contribution >= 0.6 is 11.6 Å². The van der Waals surface area contributed by atoms with E-state index in [2.05, 4.69) is 20.0 Å². The zero-order valence-electron chi connectivity index (χ0n) is 15.3. The van der Waals surface area contributed by atoms with Crippen molar-refractivity contribution in [3.05, 3.63) is 52.1 Å². The number of benzene rings is 1. The van der Waals surface area contributed by atoms with Gasteiger partial charge in [-0.3, -0.25) is 9.59 Å². The summed E-state index contributed by atoms with van der Waals surface area (Å²) in [4.78, 5) is 32.7. The molecular weight excluding hydrogens is 411 g/mol. The van der Waals surface area contributed by atoms with Crippen LogP contribution in [0, 0.1) is 12.8 Å². The van der Waals surface area contributed by atoms with Crippen LogP contribution in [0.3, 0.4) is 0 Å². The largest absolute Gasteiger partial charge is 0.573 e. The van der Waals surface area contributed by atoms with Crippen molar-refractivity contribution < 1.29 is 27.5 Å². The smallest absolute Gasteiger partial charge is 0.404 e. The van der Waals surface area contributed by atoms with Gasteiger partial charge in [-0.25, -0.2) is 9.97 Å². The number of ketones is 1. The Balaban J connectivity index is 1.63. The van der Waals surface area contributed by atoms with Gasteiger partial charge in [0, 0.05) is 18.2 Å². The number of nitrogens with zero attached hydrogens (tertiary/aromatic N) is 2. The Kier molecular flexibility index (Phi) is 6.07. The molecule has 1 aromatic heterocycles. The minimum Gasteiger partial charge on any atom is -0.404 e. The number of Topliss-reactive ketones (excluding diaryl/α,β-unsaturated/α-hetero) is 1. The van der Waals surface area contributed by atoms with Gasteiger partial charge in [-0.2, -0.15) is 0 Å². The number of aromatic nitrogens is 2. The van der Waals surface area contributed by atoms with Crippen LogP contribution < -0.4 is 10.1 Å². The highest BCUT2D eigenvalue weighted by Crippen LogP contribution is 2.31. The molecule has 1 fully saturated rings. The van der Waals surface area contributed by atoms with Crippen LogP contribution in [-0.2, 0) is 17.8 Å². The second-order valence-corrected chi connectivity index (χ2v) is 7.13. The molecule has 10 heteroatoms. The van der Waals surface area contributed by atoms with E-state index in [1.165, 1.54) is 18.2 Å². The number of ether oxygens (including phenoxy) is 1. The molecule has 0 aliphatic heterocycles. The normalized spacial score (nSPS) is 13.8. The van der Waals surface area contributed by atoms with Gasteiger partial charge >= 0.3 is 6.36 Å². The van der Waals surface area contributed by atoms with E-state index in [1.807, 2.05) is 0 Å². The van der Waals surface area contributed by atoms with Crippen molar-refractivity contribution in [3.63, 3.8) is 0 Å². The molecule has 1 heterocycles. The molecule has 6 nitrogen and oxygen atoms in total. The van der Waals surface area contributed by atoms with Gasteiger partial charge in [-0.1, -0.05) is 17.7 Å². The van der Waals surface area contributed by atoms with Crippen LogP contribution in [0.15, 0.2) is 24.3 Å². The maximum absolute atomic E-state index is 12.4. The van der Waals surface area contributed by atoms with Gasteiger partial charge in [0.25, 0.3) is 5.91 Å². The SMILES string of the molecule is Cc1cc(C(=O)NCc2ccc(OC(F)(F)F)c(Cl)c2)nc(CC(=O)C2CC2)n1. The highest BCUT2D eigenvalue weighted by Gasteiger charge is 2.32. The highest BCUT2D eigenvalue weighted by atomic mass is 35.5. The van der Waals surface area contributed by atoms with Crippen molar-refractivity contribution in [1.29, 1.82) is 0 Å². The summed E-state index contributed by atoms with van der Waals surface area (Å²) in [5.74, 6) is -0.583. The lowest BCUT2D eigenvalue weighted by atomic mass is 10.2. The maximum atomic E-state index is 12.4. The number of alkyl halides is 3. The molecule has 1 N–H and O–H groups in total. The summed E-state index contributed by atoms with van der Waals surface area (Å²) < 4.78 is 40.7. The Bertz CT molecular complexity index is 946. The first-order valence-corrected chi connectivity index (χ1v) is 9.18. The van der Waals surface area contributed by atoms with Crippen LogP contribution in [0.1, 0.15) is 40.4 Å². The molecule has 0 bridgehead atoms. The number of nitrogens with one attached hydrogen (secondary N) is 1. The molecule has 1 aliphatic carbocycles. The van der Waals surface area contributed by atoms with Gasteiger partial charge in [-0.05, 0) is 43.5 Å². The third kappa shape index (κ3) is 6.15. The van der Waals surface area contributed by atoms with Crippen molar-refractivity contribution in [1.82, 2.24) is 15.3 Å². The summed E-state index contributed by atoms with van der Waals surface area (Å²) in [6.07, 6.45) is -2.99. The van der Waals surface area contributed by atoms with Gasteiger partial charge in [0.2, 0.25) is 0 Å². The molecule has 0 radical (unpaired) electrons. The fourth-order valence-corrected chi connectivity index (χ4v) is 2.91. The zero-order chi connectivity index (χ0) is 21.2. The van der Waals surface area contributed by atoms with E-state index in [0.717, 1.165) is 18.9 Å². The van der Waals surface area contributed by atoms with Crippen molar-refractivity contribution >= 4 is 23.3 Å².